The van der Waals surface area contributed by atoms with Gasteiger partial charge in [0, 0.05) is 5.02 Å². The Morgan fingerprint density at radius 2 is 1.86 bits per heavy atom. The summed E-state index contributed by atoms with van der Waals surface area (Å²) in [5.74, 6) is 0. The molecule has 0 amide bonds. The Labute approximate surface area is 137 Å². The number of hydrogen-bond acceptors (Lipinski definition) is 3. The monoisotopic (exact) mass is 324 g/mol. The van der Waals surface area contributed by atoms with Crippen LogP contribution in [0.3, 0.4) is 0 Å². The molecule has 0 unspecified atom stereocenters. The molecule has 0 spiro atoms. The van der Waals surface area contributed by atoms with Crippen LogP contribution in [0.5, 0.6) is 0 Å². The first-order chi connectivity index (χ1) is 10.7. The Hall–Kier alpha value is -1.75. The lowest BCUT2D eigenvalue weighted by Crippen LogP contribution is -2.17. The Kier molecular flexibility index (Phi) is 9.87. The largest absolute Gasteiger partial charge is 0.465 e. The average Bonchev–Trinajstić information content (AvgIpc) is 2.52. The van der Waals surface area contributed by atoms with Crippen LogP contribution in [0.4, 0.5) is 5.69 Å². The third kappa shape index (κ3) is 9.23. The third-order valence-corrected chi connectivity index (χ3v) is 3.28. The zero-order chi connectivity index (χ0) is 16.0. The van der Waals surface area contributed by atoms with Crippen molar-refractivity contribution in [1.29, 1.82) is 0 Å². The summed E-state index contributed by atoms with van der Waals surface area (Å²) in [6, 6.07) is 7.33. The van der Waals surface area contributed by atoms with Crippen molar-refractivity contribution in [2.75, 3.05) is 12.0 Å². The first-order valence-electron chi connectivity index (χ1n) is 7.71. The molecule has 6 heteroatoms. The van der Waals surface area contributed by atoms with Crippen LogP contribution >= 0.6 is 11.6 Å². The van der Waals surface area contributed by atoms with Gasteiger partial charge in [0.2, 0.25) is 0 Å². The van der Waals surface area contributed by atoms with Gasteiger partial charge in [-0.1, -0.05) is 50.6 Å². The quantitative estimate of drug-likeness (QED) is 0.290. The highest BCUT2D eigenvalue weighted by atomic mass is 35.5. The minimum atomic E-state index is 0.134. The average molecular weight is 325 g/mol. The van der Waals surface area contributed by atoms with Gasteiger partial charge in [-0.3, -0.25) is 5.43 Å². The number of hydrogen-bond donors (Lipinski definition) is 2. The van der Waals surface area contributed by atoms with Crippen LogP contribution in [0.15, 0.2) is 34.4 Å². The minimum Gasteiger partial charge on any atom is -0.465 e. The maximum atomic E-state index is 5.79. The summed E-state index contributed by atoms with van der Waals surface area (Å²) in [4.78, 5) is 3.90. The number of aliphatic imine (C=N–C) groups is 1. The minimum absolute atomic E-state index is 0.134. The normalized spacial score (nSPS) is 11.8. The van der Waals surface area contributed by atoms with Crippen LogP contribution in [-0.4, -0.2) is 19.0 Å². The van der Waals surface area contributed by atoms with Gasteiger partial charge in [-0.2, -0.15) is 10.1 Å². The van der Waals surface area contributed by atoms with E-state index in [4.69, 9.17) is 22.1 Å². The van der Waals surface area contributed by atoms with E-state index < -0.39 is 0 Å². The maximum absolute atomic E-state index is 5.79. The summed E-state index contributed by atoms with van der Waals surface area (Å²) >= 11 is 5.79. The smallest absolute Gasteiger partial charge is 0.288 e. The number of benzene rings is 1. The Bertz CT molecular complexity index is 460. The Morgan fingerprint density at radius 1 is 1.18 bits per heavy atom. The standard InChI is InChI=1S/C16H25ClN4O/c1-2-3-4-5-6-7-12-22-16(18)19-13-20-21-15-10-8-14(17)9-11-15/h8-11,13,21H,2-7,12H2,1H3,(H2,18,19,20). The molecule has 1 rings (SSSR count). The van der Waals surface area contributed by atoms with Gasteiger partial charge < -0.3 is 10.5 Å². The second-order valence-electron chi connectivity index (χ2n) is 4.95. The van der Waals surface area contributed by atoms with Gasteiger partial charge in [0.15, 0.2) is 0 Å². The number of ether oxygens (including phenoxy) is 1. The topological polar surface area (TPSA) is 72.0 Å². The molecule has 0 aliphatic rings. The van der Waals surface area contributed by atoms with Crippen molar-refractivity contribution in [2.24, 2.45) is 15.8 Å². The van der Waals surface area contributed by atoms with Crippen LogP contribution in [0.2, 0.25) is 5.02 Å². The van der Waals surface area contributed by atoms with Crippen molar-refractivity contribution in [3.63, 3.8) is 0 Å². The number of hydrazone groups is 1. The molecule has 22 heavy (non-hydrogen) atoms. The van der Waals surface area contributed by atoms with E-state index in [-0.39, 0.29) is 6.02 Å². The van der Waals surface area contributed by atoms with Gasteiger partial charge in [-0.05, 0) is 30.7 Å². The SMILES string of the molecule is CCCCCCCCOC(N)=NC=NNc1ccc(Cl)cc1. The van der Waals surface area contributed by atoms with Gasteiger partial charge >= 0.3 is 0 Å². The van der Waals surface area contributed by atoms with E-state index in [0.717, 1.165) is 12.1 Å². The first kappa shape index (κ1) is 18.3. The van der Waals surface area contributed by atoms with Crippen LogP contribution < -0.4 is 11.2 Å². The molecule has 0 aliphatic carbocycles. The van der Waals surface area contributed by atoms with Crippen LogP contribution in [0.1, 0.15) is 45.4 Å². The predicted octanol–water partition coefficient (Wildman–Crippen LogP) is 4.39. The molecule has 0 fully saturated rings. The van der Waals surface area contributed by atoms with Crippen LogP contribution in [0.25, 0.3) is 0 Å². The summed E-state index contributed by atoms with van der Waals surface area (Å²) in [6.07, 6.45) is 8.61. The summed E-state index contributed by atoms with van der Waals surface area (Å²) < 4.78 is 5.31. The van der Waals surface area contributed by atoms with Crippen LogP contribution in [-0.2, 0) is 4.74 Å². The van der Waals surface area contributed by atoms with Gasteiger partial charge in [0.1, 0.15) is 6.34 Å². The number of anilines is 1. The van der Waals surface area contributed by atoms with E-state index in [1.807, 2.05) is 12.1 Å². The summed E-state index contributed by atoms with van der Waals surface area (Å²) in [7, 11) is 0. The van der Waals surface area contributed by atoms with Gasteiger partial charge in [0.05, 0.1) is 12.3 Å². The highest BCUT2D eigenvalue weighted by Gasteiger charge is 1.93. The fourth-order valence-electron chi connectivity index (χ4n) is 1.81. The van der Waals surface area contributed by atoms with E-state index in [1.165, 1.54) is 38.4 Å². The number of unbranched alkanes of at least 4 members (excludes halogenated alkanes) is 5. The second kappa shape index (κ2) is 11.9. The molecule has 122 valence electrons. The Morgan fingerprint density at radius 3 is 2.59 bits per heavy atom. The molecule has 0 saturated carbocycles. The maximum Gasteiger partial charge on any atom is 0.288 e. The van der Waals surface area contributed by atoms with Crippen molar-refractivity contribution in [2.45, 2.75) is 45.4 Å². The lowest BCUT2D eigenvalue weighted by molar-refractivity contribution is 0.288. The van der Waals surface area contributed by atoms with Crippen molar-refractivity contribution >= 4 is 29.6 Å². The fraction of sp³-hybridized carbons (Fsp3) is 0.500. The predicted molar refractivity (Wildman–Crippen MR) is 94.5 cm³/mol. The van der Waals surface area contributed by atoms with E-state index in [2.05, 4.69) is 22.4 Å². The lowest BCUT2D eigenvalue weighted by Gasteiger charge is -2.03. The van der Waals surface area contributed by atoms with Gasteiger partial charge in [-0.25, -0.2) is 0 Å². The molecule has 0 saturated heterocycles. The molecule has 1 aromatic carbocycles. The summed E-state index contributed by atoms with van der Waals surface area (Å²) in [5, 5.41) is 4.60. The summed E-state index contributed by atoms with van der Waals surface area (Å²) in [6.45, 7) is 2.81. The zero-order valence-electron chi connectivity index (χ0n) is 13.1. The molecule has 0 aromatic heterocycles. The molecule has 0 aliphatic heterocycles. The van der Waals surface area contributed by atoms with Crippen molar-refractivity contribution in [3.8, 4) is 0 Å². The number of nitrogens with one attached hydrogen (secondary N) is 1. The Balaban J connectivity index is 2.11. The number of rotatable bonds is 10. The molecule has 1 aromatic rings. The number of amidine groups is 1. The molecule has 0 bridgehead atoms. The lowest BCUT2D eigenvalue weighted by atomic mass is 10.1. The molecule has 0 heterocycles. The summed E-state index contributed by atoms with van der Waals surface area (Å²) in [5.41, 5.74) is 9.26. The number of nitrogens with zero attached hydrogens (tertiary/aromatic N) is 2. The molecule has 0 radical (unpaired) electrons. The van der Waals surface area contributed by atoms with E-state index in [9.17, 15) is 0 Å². The molecule has 3 N–H and O–H groups in total. The number of nitrogens with two attached hydrogens (primary N) is 1. The van der Waals surface area contributed by atoms with Crippen LogP contribution in [0, 0.1) is 0 Å². The molecule has 0 atom stereocenters. The highest BCUT2D eigenvalue weighted by Crippen LogP contribution is 2.12. The van der Waals surface area contributed by atoms with Crippen molar-refractivity contribution < 1.29 is 4.74 Å². The third-order valence-electron chi connectivity index (χ3n) is 3.03. The van der Waals surface area contributed by atoms with Gasteiger partial charge in [0.25, 0.3) is 6.02 Å². The van der Waals surface area contributed by atoms with E-state index in [0.29, 0.717) is 11.6 Å². The van der Waals surface area contributed by atoms with Crippen molar-refractivity contribution in [1.82, 2.24) is 0 Å². The molecular weight excluding hydrogens is 300 g/mol. The second-order valence-corrected chi connectivity index (χ2v) is 5.38. The number of halogens is 1. The zero-order valence-corrected chi connectivity index (χ0v) is 13.9. The first-order valence-corrected chi connectivity index (χ1v) is 8.09. The highest BCUT2D eigenvalue weighted by molar-refractivity contribution is 6.30. The molecular formula is C16H25ClN4O. The van der Waals surface area contributed by atoms with E-state index in [1.54, 1.807) is 12.1 Å². The molecule has 5 nitrogen and oxygen atoms in total. The fourth-order valence-corrected chi connectivity index (χ4v) is 1.94. The van der Waals surface area contributed by atoms with Gasteiger partial charge in [-0.15, -0.1) is 0 Å². The van der Waals surface area contributed by atoms with E-state index >= 15 is 0 Å². The van der Waals surface area contributed by atoms with Crippen molar-refractivity contribution in [3.05, 3.63) is 29.3 Å².